The van der Waals surface area contributed by atoms with Crippen LogP contribution in [0.2, 0.25) is 5.15 Å². The summed E-state index contributed by atoms with van der Waals surface area (Å²) in [6.07, 6.45) is 7.97. The number of anilines is 2. The minimum Gasteiger partial charge on any atom is -0.385 e. The summed E-state index contributed by atoms with van der Waals surface area (Å²) in [6, 6.07) is 4.04. The molecular weight excluding hydrogens is 314 g/mol. The number of nitrogens with one attached hydrogen (secondary N) is 2. The number of halogens is 1. The number of hydrogen-bond donors (Lipinski definition) is 3. The first-order valence-electron chi connectivity index (χ1n) is 7.70. The second kappa shape index (κ2) is 6.68. The van der Waals surface area contributed by atoms with Crippen molar-refractivity contribution in [2.24, 2.45) is 0 Å². The molecule has 0 aliphatic heterocycles. The van der Waals surface area contributed by atoms with E-state index in [1.807, 2.05) is 12.1 Å². The second-order valence-corrected chi connectivity index (χ2v) is 6.19. The van der Waals surface area contributed by atoms with E-state index in [-0.39, 0.29) is 6.04 Å². The van der Waals surface area contributed by atoms with Crippen LogP contribution in [0.1, 0.15) is 31.2 Å². The molecule has 3 N–H and O–H groups in total. The molecule has 0 unspecified atom stereocenters. The van der Waals surface area contributed by atoms with E-state index in [9.17, 15) is 5.11 Å². The standard InChI is InChI=1S/C16H20ClN5O/c1-18-13-14(17)20-10-21-15(13)22-12-4-6-16(23,7-5-12)11-3-2-8-19-9-11/h2-3,8-10,12,18,23H,4-7H2,1H3,(H,20,21,22). The van der Waals surface area contributed by atoms with Gasteiger partial charge in [0.2, 0.25) is 0 Å². The van der Waals surface area contributed by atoms with E-state index in [0.29, 0.717) is 29.5 Å². The predicted molar refractivity (Wildman–Crippen MR) is 90.6 cm³/mol. The number of rotatable bonds is 4. The largest absolute Gasteiger partial charge is 0.385 e. The van der Waals surface area contributed by atoms with E-state index in [0.717, 1.165) is 18.4 Å². The van der Waals surface area contributed by atoms with Crippen molar-refractivity contribution >= 4 is 23.1 Å². The smallest absolute Gasteiger partial charge is 0.157 e. The Morgan fingerprint density at radius 3 is 2.74 bits per heavy atom. The molecule has 23 heavy (non-hydrogen) atoms. The average Bonchev–Trinajstić information content (AvgIpc) is 2.58. The monoisotopic (exact) mass is 333 g/mol. The highest BCUT2D eigenvalue weighted by molar-refractivity contribution is 6.32. The first-order chi connectivity index (χ1) is 11.1. The predicted octanol–water partition coefficient (Wildman–Crippen LogP) is 2.81. The zero-order valence-corrected chi connectivity index (χ0v) is 13.7. The van der Waals surface area contributed by atoms with Gasteiger partial charge in [-0.3, -0.25) is 4.98 Å². The normalized spacial score (nSPS) is 24.2. The third-order valence-corrected chi connectivity index (χ3v) is 4.69. The molecule has 2 heterocycles. The average molecular weight is 334 g/mol. The van der Waals surface area contributed by atoms with Crippen LogP contribution in [-0.4, -0.2) is 33.1 Å². The Morgan fingerprint density at radius 2 is 2.09 bits per heavy atom. The number of aliphatic hydroxyl groups is 1. The van der Waals surface area contributed by atoms with Crippen molar-refractivity contribution in [2.45, 2.75) is 37.3 Å². The van der Waals surface area contributed by atoms with Crippen LogP contribution in [0.4, 0.5) is 11.5 Å². The minimum absolute atomic E-state index is 0.241. The molecule has 122 valence electrons. The summed E-state index contributed by atoms with van der Waals surface area (Å²) >= 11 is 6.07. The van der Waals surface area contributed by atoms with Crippen LogP contribution in [0.5, 0.6) is 0 Å². The summed E-state index contributed by atoms with van der Waals surface area (Å²) in [5.74, 6) is 0.698. The third kappa shape index (κ3) is 3.38. The molecule has 1 aliphatic carbocycles. The molecule has 0 aromatic carbocycles. The van der Waals surface area contributed by atoms with Gasteiger partial charge in [0, 0.05) is 31.0 Å². The van der Waals surface area contributed by atoms with Crippen molar-refractivity contribution in [3.05, 3.63) is 41.6 Å². The number of pyridine rings is 1. The lowest BCUT2D eigenvalue weighted by molar-refractivity contribution is -0.00362. The van der Waals surface area contributed by atoms with E-state index in [4.69, 9.17) is 11.6 Å². The Kier molecular flexibility index (Phi) is 4.63. The van der Waals surface area contributed by atoms with Crippen LogP contribution in [-0.2, 0) is 5.60 Å². The maximum absolute atomic E-state index is 10.8. The molecule has 1 aliphatic rings. The van der Waals surface area contributed by atoms with Crippen molar-refractivity contribution in [2.75, 3.05) is 17.7 Å². The zero-order chi connectivity index (χ0) is 16.3. The lowest BCUT2D eigenvalue weighted by Crippen LogP contribution is -2.36. The summed E-state index contributed by atoms with van der Waals surface area (Å²) in [4.78, 5) is 12.3. The molecule has 0 spiro atoms. The summed E-state index contributed by atoms with van der Waals surface area (Å²) in [5.41, 5.74) is 0.795. The number of aromatic nitrogens is 3. The van der Waals surface area contributed by atoms with Gasteiger partial charge in [0.15, 0.2) is 11.0 Å². The van der Waals surface area contributed by atoms with Crippen molar-refractivity contribution in [3.63, 3.8) is 0 Å². The van der Waals surface area contributed by atoms with E-state index < -0.39 is 5.60 Å². The molecule has 7 heteroatoms. The van der Waals surface area contributed by atoms with Crippen LogP contribution in [0.15, 0.2) is 30.9 Å². The van der Waals surface area contributed by atoms with Crippen LogP contribution in [0.25, 0.3) is 0 Å². The van der Waals surface area contributed by atoms with Gasteiger partial charge in [-0.2, -0.15) is 0 Å². The van der Waals surface area contributed by atoms with E-state index in [1.165, 1.54) is 6.33 Å². The lowest BCUT2D eigenvalue weighted by Gasteiger charge is -2.36. The summed E-state index contributed by atoms with van der Waals surface area (Å²) < 4.78 is 0. The van der Waals surface area contributed by atoms with E-state index >= 15 is 0 Å². The van der Waals surface area contributed by atoms with Gasteiger partial charge in [0.25, 0.3) is 0 Å². The van der Waals surface area contributed by atoms with Gasteiger partial charge < -0.3 is 15.7 Å². The highest BCUT2D eigenvalue weighted by atomic mass is 35.5. The molecule has 0 saturated heterocycles. The highest BCUT2D eigenvalue weighted by Gasteiger charge is 2.35. The fourth-order valence-corrected chi connectivity index (χ4v) is 3.28. The van der Waals surface area contributed by atoms with Gasteiger partial charge in [-0.05, 0) is 31.7 Å². The Hall–Kier alpha value is -1.92. The molecule has 0 radical (unpaired) electrons. The van der Waals surface area contributed by atoms with Gasteiger partial charge in [-0.25, -0.2) is 9.97 Å². The molecule has 0 atom stereocenters. The summed E-state index contributed by atoms with van der Waals surface area (Å²) in [6.45, 7) is 0. The van der Waals surface area contributed by atoms with Crippen LogP contribution in [0, 0.1) is 0 Å². The Balaban J connectivity index is 1.67. The Bertz CT molecular complexity index is 659. The van der Waals surface area contributed by atoms with Crippen LogP contribution >= 0.6 is 11.6 Å². The molecule has 1 saturated carbocycles. The number of hydrogen-bond acceptors (Lipinski definition) is 6. The van der Waals surface area contributed by atoms with Gasteiger partial charge in [0.1, 0.15) is 12.0 Å². The quantitative estimate of drug-likeness (QED) is 0.746. The summed E-state index contributed by atoms with van der Waals surface area (Å²) in [7, 11) is 1.79. The topological polar surface area (TPSA) is 83.0 Å². The first kappa shape index (κ1) is 16.0. The fraction of sp³-hybridized carbons (Fsp3) is 0.438. The molecule has 6 nitrogen and oxygen atoms in total. The SMILES string of the molecule is CNc1c(Cl)ncnc1NC1CCC(O)(c2cccnc2)CC1. The fourth-order valence-electron chi connectivity index (χ4n) is 3.05. The molecule has 0 amide bonds. The van der Waals surface area contributed by atoms with Crippen molar-refractivity contribution in [1.82, 2.24) is 15.0 Å². The zero-order valence-electron chi connectivity index (χ0n) is 13.0. The van der Waals surface area contributed by atoms with Crippen LogP contribution < -0.4 is 10.6 Å². The van der Waals surface area contributed by atoms with Gasteiger partial charge in [0.05, 0.1) is 5.60 Å². The minimum atomic E-state index is -0.790. The van der Waals surface area contributed by atoms with Crippen molar-refractivity contribution < 1.29 is 5.11 Å². The maximum Gasteiger partial charge on any atom is 0.157 e. The first-order valence-corrected chi connectivity index (χ1v) is 8.08. The van der Waals surface area contributed by atoms with Crippen molar-refractivity contribution in [1.29, 1.82) is 0 Å². The molecule has 0 bridgehead atoms. The highest BCUT2D eigenvalue weighted by Crippen LogP contribution is 2.38. The van der Waals surface area contributed by atoms with E-state index in [1.54, 1.807) is 19.4 Å². The van der Waals surface area contributed by atoms with Gasteiger partial charge >= 0.3 is 0 Å². The lowest BCUT2D eigenvalue weighted by atomic mass is 9.78. The Morgan fingerprint density at radius 1 is 1.30 bits per heavy atom. The van der Waals surface area contributed by atoms with Gasteiger partial charge in [-0.1, -0.05) is 17.7 Å². The van der Waals surface area contributed by atoms with Gasteiger partial charge in [-0.15, -0.1) is 0 Å². The Labute approximate surface area is 140 Å². The molecule has 1 fully saturated rings. The molecule has 2 aromatic rings. The maximum atomic E-state index is 10.8. The summed E-state index contributed by atoms with van der Waals surface area (Å²) in [5, 5.41) is 17.7. The van der Waals surface area contributed by atoms with Crippen LogP contribution in [0.3, 0.4) is 0 Å². The molecule has 3 rings (SSSR count). The molecular formula is C16H20ClN5O. The number of nitrogens with zero attached hydrogens (tertiary/aromatic N) is 3. The van der Waals surface area contributed by atoms with E-state index in [2.05, 4.69) is 25.6 Å². The second-order valence-electron chi connectivity index (χ2n) is 5.83. The molecule has 2 aromatic heterocycles. The van der Waals surface area contributed by atoms with Crippen molar-refractivity contribution in [3.8, 4) is 0 Å². The third-order valence-electron chi connectivity index (χ3n) is 4.40.